The lowest BCUT2D eigenvalue weighted by Crippen LogP contribution is -2.28. The van der Waals surface area contributed by atoms with Crippen LogP contribution in [0.5, 0.6) is 0 Å². The van der Waals surface area contributed by atoms with Gasteiger partial charge in [0.15, 0.2) is 34.8 Å². The van der Waals surface area contributed by atoms with Crippen LogP contribution in [0.3, 0.4) is 0 Å². The number of Topliss-reactive ketones (excluding diaryl/α,β-unsaturated/α-hetero) is 2. The van der Waals surface area contributed by atoms with Gasteiger partial charge in [-0.1, -0.05) is 202 Å². The fraction of sp³-hybridized carbons (Fsp3) is 0.265. The van der Waals surface area contributed by atoms with E-state index in [-0.39, 0.29) is 44.5 Å². The molecule has 6 heterocycles. The van der Waals surface area contributed by atoms with E-state index < -0.39 is 56.9 Å². The number of aromatic nitrogens is 4. The average molecular weight is 1670 g/mol. The van der Waals surface area contributed by atoms with Gasteiger partial charge < -0.3 is 0 Å². The van der Waals surface area contributed by atoms with Crippen molar-refractivity contribution in [3.8, 4) is 37.7 Å². The molecule has 0 unspecified atom stereocenters. The number of nitriles is 3. The monoisotopic (exact) mass is 1660 g/mol. The molecule has 0 aliphatic heterocycles. The summed E-state index contributed by atoms with van der Waals surface area (Å²) in [6.07, 6.45) is 24.4. The second-order valence-electron chi connectivity index (χ2n) is 31.3. The van der Waals surface area contributed by atoms with Gasteiger partial charge in [0, 0.05) is 64.7 Å². The Hall–Kier alpha value is -11.0. The molecule has 10 nitrogen and oxygen atoms in total. The van der Waals surface area contributed by atoms with Gasteiger partial charge in [-0.2, -0.15) is 28.0 Å². The maximum absolute atomic E-state index is 15.4. The standard InChI is InChI=1S/C98H76F4N8O2S6/c1-6-10-14-18-22-53-26-34-58(35-27-53)97(59-36-28-54(29-37-59)23-19-15-11-7-2)70-44-62(42-68-77(57(50-103)51-104)64-46-72(99)74(101)48-66(64)89(68)111)113-91(70)95-83(97)81-79-80(86-87(93(81)115-95)109-117-108-86)82-84-96(116-94(82)88-85(79)107-118-110-88)92-71(45-63(114-92)43-69-78(76(52-105)106-5)65-47-73(100)75(102)49-67(65)90(69)112)98(84,60-38-30-55(31-39-60)24-20-16-12-8-3)61-40-32-56(33-41-61)25-21-17-13-9-4/h26-49H,6-25H2,1-4H3/b68-42-,69-43-,78-76?. The first kappa shape index (κ1) is 78.2. The number of carbonyl (C=O) groups excluding carboxylic acids is 2. The number of hydrogen-bond donors (Lipinski definition) is 0. The van der Waals surface area contributed by atoms with E-state index in [0.29, 0.717) is 31.8 Å². The lowest BCUT2D eigenvalue weighted by atomic mass is 9.66. The summed E-state index contributed by atoms with van der Waals surface area (Å²) in [4.78, 5) is 38.4. The number of thiophene rings is 4. The van der Waals surface area contributed by atoms with Crippen molar-refractivity contribution in [1.82, 2.24) is 17.5 Å². The fourth-order valence-electron chi connectivity index (χ4n) is 18.9. The SMILES string of the molecule is [C-]#[N+]C(C#N)=C1/C(=C/c2cc3c(s2)-c2sc4c5nsnc5c5c6c7c(sc6c6nsnc6c5c4c2C3(c2ccc(CCCCCC)cc2)c2ccc(CCCCCC)cc2)-c2sc(/C=C3\C(=O)c4cc(F)c(F)cc4C3=C(C#N)C#N)cc2C7(c2ccc(CCCCCC)cc2)c2ccc(CCCCCC)cc2)C(=O)c2cc(F)c(F)cc21. The minimum absolute atomic E-state index is 0.0153. The van der Waals surface area contributed by atoms with E-state index in [1.54, 1.807) is 34.8 Å². The van der Waals surface area contributed by atoms with Gasteiger partial charge >= 0.3 is 0 Å². The highest BCUT2D eigenvalue weighted by molar-refractivity contribution is 7.29. The van der Waals surface area contributed by atoms with Gasteiger partial charge in [0.25, 0.3) is 5.70 Å². The topological polar surface area (TPSA) is 161 Å². The maximum atomic E-state index is 15.4. The van der Waals surface area contributed by atoms with Gasteiger partial charge in [-0.05, 0) is 178 Å². The summed E-state index contributed by atoms with van der Waals surface area (Å²) in [7, 11) is 0. The number of benzene rings is 8. The molecule has 0 bridgehead atoms. The first-order valence-electron chi connectivity index (χ1n) is 40.7. The molecule has 4 aliphatic rings. The van der Waals surface area contributed by atoms with Gasteiger partial charge in [-0.15, -0.1) is 45.3 Å². The van der Waals surface area contributed by atoms with E-state index in [9.17, 15) is 25.4 Å². The summed E-state index contributed by atoms with van der Waals surface area (Å²) in [5.41, 5.74) is 11.8. The van der Waals surface area contributed by atoms with Crippen LogP contribution in [0.4, 0.5) is 17.6 Å². The third kappa shape index (κ3) is 12.5. The molecule has 20 heteroatoms. The van der Waals surface area contributed by atoms with Crippen molar-refractivity contribution in [2.24, 2.45) is 0 Å². The molecule has 8 aromatic carbocycles. The molecule has 0 atom stereocenters. The van der Waals surface area contributed by atoms with E-state index in [4.69, 9.17) is 24.1 Å². The van der Waals surface area contributed by atoms with Gasteiger partial charge in [-0.3, -0.25) is 9.59 Å². The quantitative estimate of drug-likeness (QED) is 0.0169. The summed E-state index contributed by atoms with van der Waals surface area (Å²) in [5, 5.41) is 35.3. The molecular weight excluding hydrogens is 1590 g/mol. The highest BCUT2D eigenvalue weighted by atomic mass is 32.1. The predicted octanol–water partition coefficient (Wildman–Crippen LogP) is 27.7. The molecule has 4 aliphatic carbocycles. The summed E-state index contributed by atoms with van der Waals surface area (Å²) in [5.74, 6) is -6.14. The number of unbranched alkanes of at least 4 members (excludes halogenated alkanes) is 12. The van der Waals surface area contributed by atoms with Gasteiger partial charge in [0.2, 0.25) is 0 Å². The summed E-state index contributed by atoms with van der Waals surface area (Å²) in [6, 6.07) is 50.0. The highest BCUT2D eigenvalue weighted by Gasteiger charge is 2.54. The molecule has 14 aromatic rings. The van der Waals surface area contributed by atoms with E-state index in [1.165, 1.54) is 44.9 Å². The van der Waals surface area contributed by atoms with Crippen LogP contribution in [-0.2, 0) is 36.5 Å². The zero-order chi connectivity index (χ0) is 81.4. The number of allylic oxidation sites excluding steroid dienone is 6. The van der Waals surface area contributed by atoms with Crippen molar-refractivity contribution in [1.29, 1.82) is 15.8 Å². The Morgan fingerprint density at radius 1 is 0.407 bits per heavy atom. The number of aryl methyl sites for hydroxylation is 4. The first-order chi connectivity index (χ1) is 57.7. The van der Waals surface area contributed by atoms with Gasteiger partial charge in [0.1, 0.15) is 39.8 Å². The Morgan fingerprint density at radius 3 is 1.07 bits per heavy atom. The number of ketones is 2. The van der Waals surface area contributed by atoms with Crippen molar-refractivity contribution in [3.05, 3.63) is 289 Å². The van der Waals surface area contributed by atoms with Crippen molar-refractivity contribution >= 4 is 157 Å². The Labute approximate surface area is 705 Å². The number of halogens is 4. The Morgan fingerprint density at radius 2 is 0.737 bits per heavy atom. The summed E-state index contributed by atoms with van der Waals surface area (Å²) < 4.78 is 85.0. The Kier molecular flexibility index (Phi) is 21.2. The minimum atomic E-state index is -1.22. The van der Waals surface area contributed by atoms with E-state index >= 15 is 17.6 Å². The van der Waals surface area contributed by atoms with Crippen LogP contribution in [-0.4, -0.2) is 29.1 Å². The number of hydrogen-bond acceptors (Lipinski definition) is 15. The molecule has 18 rings (SSSR count). The average Bonchev–Trinajstić information content (AvgIpc) is 1.48. The van der Waals surface area contributed by atoms with Crippen LogP contribution in [0, 0.1) is 63.8 Å². The van der Waals surface area contributed by atoms with Crippen LogP contribution in [0.25, 0.3) is 101 Å². The van der Waals surface area contributed by atoms with E-state index in [0.717, 1.165) is 271 Å². The number of nitrogens with zero attached hydrogens (tertiary/aromatic N) is 8. The maximum Gasteiger partial charge on any atom is 0.270 e. The second kappa shape index (κ2) is 32.0. The lowest BCUT2D eigenvalue weighted by molar-refractivity contribution is 0.103. The van der Waals surface area contributed by atoms with Crippen molar-refractivity contribution in [3.63, 3.8) is 0 Å². The number of carbonyl (C=O) groups is 2. The second-order valence-corrected chi connectivity index (χ2v) is 36.6. The molecular formula is C98H76F4N8O2S6. The van der Waals surface area contributed by atoms with Gasteiger partial charge in [0.05, 0.1) is 75.8 Å². The number of rotatable bonds is 26. The first-order valence-corrected chi connectivity index (χ1v) is 45.4. The van der Waals surface area contributed by atoms with Crippen LogP contribution in [0.1, 0.15) is 239 Å². The molecule has 118 heavy (non-hydrogen) atoms. The smallest absolute Gasteiger partial charge is 0.270 e. The van der Waals surface area contributed by atoms with Gasteiger partial charge in [-0.25, -0.2) is 27.7 Å². The molecule has 0 spiro atoms. The van der Waals surface area contributed by atoms with Crippen LogP contribution in [0.15, 0.2) is 156 Å². The molecule has 0 amide bonds. The molecule has 0 saturated carbocycles. The molecule has 0 saturated heterocycles. The van der Waals surface area contributed by atoms with Crippen LogP contribution >= 0.6 is 68.8 Å². The largest absolute Gasteiger partial charge is 0.289 e. The third-order valence-corrected chi connectivity index (χ3v) is 30.4. The summed E-state index contributed by atoms with van der Waals surface area (Å²) >= 11 is 8.53. The van der Waals surface area contributed by atoms with Crippen LogP contribution < -0.4 is 0 Å². The molecule has 0 N–H and O–H groups in total. The third-order valence-electron chi connectivity index (χ3n) is 24.4. The van der Waals surface area contributed by atoms with Crippen molar-refractivity contribution in [2.75, 3.05) is 0 Å². The summed E-state index contributed by atoms with van der Waals surface area (Å²) in [6.45, 7) is 17.1. The predicted molar refractivity (Wildman–Crippen MR) is 473 cm³/mol. The molecule has 6 aromatic heterocycles. The zero-order valence-electron chi connectivity index (χ0n) is 65.4. The lowest BCUT2D eigenvalue weighted by Gasteiger charge is -2.34. The Bertz CT molecular complexity index is 6280. The normalized spacial score (nSPS) is 15.2. The van der Waals surface area contributed by atoms with Crippen molar-refractivity contribution < 1.29 is 27.2 Å². The highest BCUT2D eigenvalue weighted by Crippen LogP contribution is 2.69. The zero-order valence-corrected chi connectivity index (χ0v) is 70.3. The fourth-order valence-corrected chi connectivity index (χ4v) is 25.4. The molecule has 0 fully saturated rings. The number of fused-ring (bicyclic) bond motifs is 21. The minimum Gasteiger partial charge on any atom is -0.289 e. The molecule has 584 valence electrons. The Balaban J connectivity index is 0.959. The van der Waals surface area contributed by atoms with E-state index in [1.807, 2.05) is 18.2 Å². The van der Waals surface area contributed by atoms with Crippen molar-refractivity contribution in [2.45, 2.75) is 167 Å². The van der Waals surface area contributed by atoms with E-state index in [2.05, 4.69) is 142 Å². The van der Waals surface area contributed by atoms with Crippen LogP contribution in [0.2, 0.25) is 0 Å². The molecule has 0 radical (unpaired) electrons.